The molecule has 0 bridgehead atoms. The quantitative estimate of drug-likeness (QED) is 0.407. The zero-order valence-corrected chi connectivity index (χ0v) is 13.0. The number of benzene rings is 1. The van der Waals surface area contributed by atoms with E-state index in [4.69, 9.17) is 4.74 Å². The van der Waals surface area contributed by atoms with E-state index in [1.165, 1.54) is 12.1 Å². The molecule has 0 fully saturated rings. The minimum atomic E-state index is -0.417. The fourth-order valence-corrected chi connectivity index (χ4v) is 1.74. The number of non-ortho nitro benzene ring substituents is 1. The SMILES string of the molecule is CC(C)N(C)CCCNCCOc1ccc([N+](=O)[O-])cc1. The van der Waals surface area contributed by atoms with Crippen molar-refractivity contribution in [2.24, 2.45) is 0 Å². The lowest BCUT2D eigenvalue weighted by molar-refractivity contribution is -0.384. The Balaban J connectivity index is 2.08. The van der Waals surface area contributed by atoms with Crippen LogP contribution in [-0.4, -0.2) is 49.2 Å². The average molecular weight is 295 g/mol. The summed E-state index contributed by atoms with van der Waals surface area (Å²) in [5, 5.41) is 13.8. The van der Waals surface area contributed by atoms with Gasteiger partial charge in [-0.1, -0.05) is 0 Å². The lowest BCUT2D eigenvalue weighted by Gasteiger charge is -2.20. The number of nitrogens with zero attached hydrogens (tertiary/aromatic N) is 2. The largest absolute Gasteiger partial charge is 0.492 e. The number of hydrogen-bond acceptors (Lipinski definition) is 5. The number of hydrogen-bond donors (Lipinski definition) is 1. The van der Waals surface area contributed by atoms with Crippen LogP contribution < -0.4 is 10.1 Å². The van der Waals surface area contributed by atoms with E-state index < -0.39 is 4.92 Å². The van der Waals surface area contributed by atoms with E-state index in [0.717, 1.165) is 26.1 Å². The summed E-state index contributed by atoms with van der Waals surface area (Å²) in [5.41, 5.74) is 0.0785. The molecule has 6 heteroatoms. The summed E-state index contributed by atoms with van der Waals surface area (Å²) in [6.45, 7) is 7.73. The Bertz CT molecular complexity index is 421. The molecule has 0 radical (unpaired) electrons. The summed E-state index contributed by atoms with van der Waals surface area (Å²) in [5.74, 6) is 0.655. The first-order valence-corrected chi connectivity index (χ1v) is 7.29. The monoisotopic (exact) mass is 295 g/mol. The van der Waals surface area contributed by atoms with Crippen LogP contribution in [0.3, 0.4) is 0 Å². The molecule has 0 heterocycles. The smallest absolute Gasteiger partial charge is 0.269 e. The maximum absolute atomic E-state index is 10.5. The van der Waals surface area contributed by atoms with Crippen LogP contribution >= 0.6 is 0 Å². The molecule has 0 aliphatic heterocycles. The third-order valence-corrected chi connectivity index (χ3v) is 3.34. The molecule has 0 unspecified atom stereocenters. The highest BCUT2D eigenvalue weighted by atomic mass is 16.6. The van der Waals surface area contributed by atoms with Crippen LogP contribution in [0.25, 0.3) is 0 Å². The first-order valence-electron chi connectivity index (χ1n) is 7.29. The zero-order valence-electron chi connectivity index (χ0n) is 13.0. The van der Waals surface area contributed by atoms with Gasteiger partial charge in [0.25, 0.3) is 5.69 Å². The number of nitrogens with one attached hydrogen (secondary N) is 1. The van der Waals surface area contributed by atoms with Crippen molar-refractivity contribution < 1.29 is 9.66 Å². The average Bonchev–Trinajstić information content (AvgIpc) is 2.46. The molecular formula is C15H25N3O3. The number of nitro benzene ring substituents is 1. The Morgan fingerprint density at radius 2 is 1.95 bits per heavy atom. The maximum Gasteiger partial charge on any atom is 0.269 e. The van der Waals surface area contributed by atoms with Gasteiger partial charge in [-0.05, 0) is 52.5 Å². The van der Waals surface area contributed by atoms with Crippen molar-refractivity contribution in [3.8, 4) is 5.75 Å². The predicted molar refractivity (Wildman–Crippen MR) is 83.8 cm³/mol. The molecule has 0 aliphatic carbocycles. The summed E-state index contributed by atoms with van der Waals surface area (Å²) in [7, 11) is 2.13. The Morgan fingerprint density at radius 3 is 2.52 bits per heavy atom. The molecule has 0 spiro atoms. The normalized spacial score (nSPS) is 11.1. The predicted octanol–water partition coefficient (Wildman–Crippen LogP) is 2.29. The molecule has 6 nitrogen and oxygen atoms in total. The van der Waals surface area contributed by atoms with Crippen molar-refractivity contribution in [3.63, 3.8) is 0 Å². The molecule has 1 N–H and O–H groups in total. The standard InChI is InChI=1S/C15H25N3O3/c1-13(2)17(3)11-4-9-16-10-12-21-15-7-5-14(6-8-15)18(19)20/h5-8,13,16H,4,9-12H2,1-3H3. The van der Waals surface area contributed by atoms with Crippen molar-refractivity contribution in [2.45, 2.75) is 26.3 Å². The molecule has 118 valence electrons. The highest BCUT2D eigenvalue weighted by molar-refractivity contribution is 5.35. The lowest BCUT2D eigenvalue weighted by Crippen LogP contribution is -2.30. The van der Waals surface area contributed by atoms with Gasteiger partial charge < -0.3 is 15.0 Å². The fraction of sp³-hybridized carbons (Fsp3) is 0.600. The minimum Gasteiger partial charge on any atom is -0.492 e. The van der Waals surface area contributed by atoms with Crippen LogP contribution in [-0.2, 0) is 0 Å². The van der Waals surface area contributed by atoms with Crippen molar-refractivity contribution in [1.29, 1.82) is 0 Å². The number of rotatable bonds is 10. The van der Waals surface area contributed by atoms with Crippen molar-refractivity contribution in [3.05, 3.63) is 34.4 Å². The van der Waals surface area contributed by atoms with E-state index in [9.17, 15) is 10.1 Å². The van der Waals surface area contributed by atoms with Crippen LogP contribution in [0.1, 0.15) is 20.3 Å². The van der Waals surface area contributed by atoms with E-state index in [-0.39, 0.29) is 5.69 Å². The Morgan fingerprint density at radius 1 is 1.29 bits per heavy atom. The van der Waals surface area contributed by atoms with Crippen LogP contribution in [0.2, 0.25) is 0 Å². The highest BCUT2D eigenvalue weighted by Gasteiger charge is 2.04. The zero-order chi connectivity index (χ0) is 15.7. The Hall–Kier alpha value is -1.66. The molecule has 0 saturated heterocycles. The molecule has 1 aromatic rings. The third kappa shape index (κ3) is 7.06. The van der Waals surface area contributed by atoms with Gasteiger partial charge in [-0.2, -0.15) is 0 Å². The van der Waals surface area contributed by atoms with Gasteiger partial charge in [-0.25, -0.2) is 0 Å². The number of nitro groups is 1. The third-order valence-electron chi connectivity index (χ3n) is 3.34. The molecule has 0 amide bonds. The topological polar surface area (TPSA) is 67.6 Å². The van der Waals surface area contributed by atoms with Gasteiger partial charge in [0.05, 0.1) is 4.92 Å². The Kier molecular flexibility index (Phi) is 7.71. The highest BCUT2D eigenvalue weighted by Crippen LogP contribution is 2.16. The van der Waals surface area contributed by atoms with Gasteiger partial charge in [0.2, 0.25) is 0 Å². The van der Waals surface area contributed by atoms with E-state index in [1.54, 1.807) is 12.1 Å². The molecule has 0 aliphatic rings. The van der Waals surface area contributed by atoms with Crippen LogP contribution in [0.15, 0.2) is 24.3 Å². The minimum absolute atomic E-state index is 0.0785. The molecular weight excluding hydrogens is 270 g/mol. The second-order valence-electron chi connectivity index (χ2n) is 5.28. The molecule has 0 aromatic heterocycles. The number of ether oxygens (including phenoxy) is 1. The molecule has 1 rings (SSSR count). The lowest BCUT2D eigenvalue weighted by atomic mass is 10.3. The summed E-state index contributed by atoms with van der Waals surface area (Å²) < 4.78 is 5.51. The molecule has 21 heavy (non-hydrogen) atoms. The summed E-state index contributed by atoms with van der Waals surface area (Å²) >= 11 is 0. The van der Waals surface area contributed by atoms with Gasteiger partial charge in [0, 0.05) is 24.7 Å². The first kappa shape index (κ1) is 17.4. The van der Waals surface area contributed by atoms with E-state index in [1.807, 2.05) is 0 Å². The molecule has 0 saturated carbocycles. The van der Waals surface area contributed by atoms with E-state index in [0.29, 0.717) is 18.4 Å². The van der Waals surface area contributed by atoms with E-state index in [2.05, 4.69) is 31.1 Å². The van der Waals surface area contributed by atoms with Gasteiger partial charge in [-0.15, -0.1) is 0 Å². The summed E-state index contributed by atoms with van der Waals surface area (Å²) in [6, 6.07) is 6.72. The van der Waals surface area contributed by atoms with Gasteiger partial charge in [-0.3, -0.25) is 10.1 Å². The summed E-state index contributed by atoms with van der Waals surface area (Å²) in [4.78, 5) is 12.4. The van der Waals surface area contributed by atoms with Crippen molar-refractivity contribution >= 4 is 5.69 Å². The van der Waals surface area contributed by atoms with Crippen LogP contribution in [0.5, 0.6) is 5.75 Å². The Labute approximate surface area is 126 Å². The van der Waals surface area contributed by atoms with E-state index >= 15 is 0 Å². The molecule has 0 atom stereocenters. The van der Waals surface area contributed by atoms with Gasteiger partial charge >= 0.3 is 0 Å². The molecule has 1 aromatic carbocycles. The van der Waals surface area contributed by atoms with Crippen molar-refractivity contribution in [1.82, 2.24) is 10.2 Å². The van der Waals surface area contributed by atoms with Crippen LogP contribution in [0.4, 0.5) is 5.69 Å². The first-order chi connectivity index (χ1) is 10.0. The second kappa shape index (κ2) is 9.31. The van der Waals surface area contributed by atoms with Gasteiger partial charge in [0.15, 0.2) is 0 Å². The van der Waals surface area contributed by atoms with Crippen molar-refractivity contribution in [2.75, 3.05) is 33.3 Å². The fourth-order valence-electron chi connectivity index (χ4n) is 1.74. The maximum atomic E-state index is 10.5. The second-order valence-corrected chi connectivity index (χ2v) is 5.28. The van der Waals surface area contributed by atoms with Crippen LogP contribution in [0, 0.1) is 10.1 Å². The summed E-state index contributed by atoms with van der Waals surface area (Å²) in [6.07, 6.45) is 1.10. The van der Waals surface area contributed by atoms with Gasteiger partial charge in [0.1, 0.15) is 12.4 Å².